The Morgan fingerprint density at radius 3 is 2.25 bits per heavy atom. The number of nitrogens with one attached hydrogen (secondary N) is 3. The van der Waals surface area contributed by atoms with Crippen LogP contribution in [0, 0.1) is 18.6 Å². The number of ether oxygens (including phenoxy) is 2. The summed E-state index contributed by atoms with van der Waals surface area (Å²) in [6, 6.07) is 3.01. The maximum Gasteiger partial charge on any atom is 0.326 e. The monoisotopic (exact) mass is 469 g/mol. The van der Waals surface area contributed by atoms with Crippen LogP contribution in [0.15, 0.2) is 24.3 Å². The number of esters is 1. The van der Waals surface area contributed by atoms with Gasteiger partial charge >= 0.3 is 12.0 Å². The molecule has 0 aromatic heterocycles. The number of aryl methyl sites for hydroxylation is 1. The van der Waals surface area contributed by atoms with Crippen LogP contribution < -0.4 is 20.7 Å². The molecule has 0 saturated heterocycles. The highest BCUT2D eigenvalue weighted by Gasteiger charge is 2.19. The van der Waals surface area contributed by atoms with Gasteiger partial charge < -0.3 is 20.1 Å². The van der Waals surface area contributed by atoms with Gasteiger partial charge in [-0.1, -0.05) is 11.6 Å². The molecule has 0 fully saturated rings. The summed E-state index contributed by atoms with van der Waals surface area (Å²) in [6.07, 6.45) is -0.541. The van der Waals surface area contributed by atoms with Gasteiger partial charge in [0.05, 0.1) is 30.5 Å². The first-order valence-electron chi connectivity index (χ1n) is 8.87. The van der Waals surface area contributed by atoms with Crippen LogP contribution in [0.2, 0.25) is 5.02 Å². The molecule has 0 unspecified atom stereocenters. The molecule has 0 aliphatic carbocycles. The Bertz CT molecular complexity index is 1090. The van der Waals surface area contributed by atoms with Gasteiger partial charge in [-0.25, -0.2) is 13.6 Å². The molecule has 170 valence electrons. The van der Waals surface area contributed by atoms with Crippen molar-refractivity contribution in [1.82, 2.24) is 5.32 Å². The highest BCUT2D eigenvalue weighted by atomic mass is 35.5. The normalized spacial score (nSPS) is 10.2. The summed E-state index contributed by atoms with van der Waals surface area (Å²) in [5, 5.41) is 6.40. The SMILES string of the molecule is COC(=O)CC(=O)Nc1cc(NC(=O)NC(=O)c2cc(F)c(F)cc2Cl)c(C)cc1OC. The lowest BCUT2D eigenvalue weighted by atomic mass is 10.1. The van der Waals surface area contributed by atoms with E-state index in [9.17, 15) is 28.0 Å². The minimum absolute atomic E-state index is 0.136. The molecule has 12 heteroatoms. The molecule has 9 nitrogen and oxygen atoms in total. The fraction of sp³-hybridized carbons (Fsp3) is 0.200. The number of carbonyl (C=O) groups is 4. The van der Waals surface area contributed by atoms with E-state index in [0.717, 1.165) is 7.11 Å². The molecule has 0 atom stereocenters. The van der Waals surface area contributed by atoms with Crippen LogP contribution in [0.5, 0.6) is 5.75 Å². The molecule has 2 aromatic carbocycles. The number of carbonyl (C=O) groups excluding carboxylic acids is 4. The Morgan fingerprint density at radius 1 is 0.969 bits per heavy atom. The third-order valence-corrected chi connectivity index (χ3v) is 4.40. The van der Waals surface area contributed by atoms with Crippen molar-refractivity contribution >= 4 is 46.8 Å². The molecule has 0 radical (unpaired) electrons. The lowest BCUT2D eigenvalue weighted by Crippen LogP contribution is -2.34. The smallest absolute Gasteiger partial charge is 0.326 e. The van der Waals surface area contributed by atoms with Crippen molar-refractivity contribution in [2.75, 3.05) is 24.9 Å². The summed E-state index contributed by atoms with van der Waals surface area (Å²) < 4.78 is 36.2. The number of urea groups is 1. The van der Waals surface area contributed by atoms with Crippen LogP contribution in [-0.4, -0.2) is 38.0 Å². The Labute approximate surface area is 186 Å². The van der Waals surface area contributed by atoms with Crippen molar-refractivity contribution in [1.29, 1.82) is 0 Å². The van der Waals surface area contributed by atoms with Crippen LogP contribution >= 0.6 is 11.6 Å². The molecule has 2 rings (SSSR count). The number of anilines is 2. The minimum atomic E-state index is -1.31. The maximum absolute atomic E-state index is 13.4. The van der Waals surface area contributed by atoms with Gasteiger partial charge in [0.1, 0.15) is 12.2 Å². The Morgan fingerprint density at radius 2 is 1.62 bits per heavy atom. The van der Waals surface area contributed by atoms with Crippen LogP contribution in [0.25, 0.3) is 0 Å². The topological polar surface area (TPSA) is 123 Å². The van der Waals surface area contributed by atoms with E-state index in [1.54, 1.807) is 6.92 Å². The number of imide groups is 1. The predicted octanol–water partition coefficient (Wildman–Crippen LogP) is 3.40. The van der Waals surface area contributed by atoms with Gasteiger partial charge in [0, 0.05) is 5.69 Å². The third-order valence-electron chi connectivity index (χ3n) is 4.08. The van der Waals surface area contributed by atoms with E-state index in [4.69, 9.17) is 16.3 Å². The zero-order valence-corrected chi connectivity index (χ0v) is 17.9. The Hall–Kier alpha value is -3.73. The second-order valence-electron chi connectivity index (χ2n) is 6.32. The fourth-order valence-electron chi connectivity index (χ4n) is 2.50. The van der Waals surface area contributed by atoms with Crippen LogP contribution in [-0.2, 0) is 14.3 Å². The second-order valence-corrected chi connectivity index (χ2v) is 6.73. The van der Waals surface area contributed by atoms with Crippen molar-refractivity contribution in [2.24, 2.45) is 0 Å². The van der Waals surface area contributed by atoms with E-state index < -0.39 is 47.4 Å². The van der Waals surface area contributed by atoms with E-state index in [1.165, 1.54) is 19.2 Å². The summed E-state index contributed by atoms with van der Waals surface area (Å²) in [7, 11) is 2.49. The molecular formula is C20H18ClF2N3O6. The predicted molar refractivity (Wildman–Crippen MR) is 111 cm³/mol. The zero-order valence-electron chi connectivity index (χ0n) is 17.1. The number of halogens is 3. The lowest BCUT2D eigenvalue weighted by molar-refractivity contribution is -0.142. The van der Waals surface area contributed by atoms with Gasteiger partial charge in [0.25, 0.3) is 5.91 Å². The van der Waals surface area contributed by atoms with Crippen molar-refractivity contribution in [2.45, 2.75) is 13.3 Å². The number of amides is 4. The summed E-state index contributed by atoms with van der Waals surface area (Å²) in [5.41, 5.74) is 0.377. The first kappa shape index (κ1) is 24.5. The summed E-state index contributed by atoms with van der Waals surface area (Å²) in [5.74, 6) is -4.80. The van der Waals surface area contributed by atoms with Crippen LogP contribution in [0.1, 0.15) is 22.3 Å². The molecule has 0 aliphatic heterocycles. The maximum atomic E-state index is 13.4. The quantitative estimate of drug-likeness (QED) is 0.338. The second kappa shape index (κ2) is 10.5. The van der Waals surface area contributed by atoms with Gasteiger partial charge in [-0.15, -0.1) is 0 Å². The van der Waals surface area contributed by atoms with Gasteiger partial charge in [-0.05, 0) is 36.8 Å². The van der Waals surface area contributed by atoms with Crippen molar-refractivity contribution < 1.29 is 37.4 Å². The molecule has 32 heavy (non-hydrogen) atoms. The Balaban J connectivity index is 2.18. The molecule has 4 amide bonds. The molecule has 3 N–H and O–H groups in total. The number of hydrogen-bond donors (Lipinski definition) is 3. The van der Waals surface area contributed by atoms with E-state index in [0.29, 0.717) is 17.7 Å². The van der Waals surface area contributed by atoms with E-state index >= 15 is 0 Å². The summed E-state index contributed by atoms with van der Waals surface area (Å²) in [6.45, 7) is 1.62. The fourth-order valence-corrected chi connectivity index (χ4v) is 2.74. The molecule has 0 bridgehead atoms. The Kier molecular flexibility index (Phi) is 8.08. The average molecular weight is 470 g/mol. The standard InChI is InChI=1S/C20H18ClF2N3O6/c1-9-4-16(31-2)15(24-17(27)8-18(28)32-3)7-14(9)25-20(30)26-19(29)10-5-12(22)13(23)6-11(10)21/h4-7H,8H2,1-3H3,(H,24,27)(H2,25,26,29,30). The molecule has 0 aliphatic rings. The van der Waals surface area contributed by atoms with Crippen molar-refractivity contribution in [3.8, 4) is 5.75 Å². The number of benzene rings is 2. The first-order chi connectivity index (χ1) is 15.0. The molecule has 0 heterocycles. The van der Waals surface area contributed by atoms with Gasteiger partial charge in [-0.2, -0.15) is 0 Å². The first-order valence-corrected chi connectivity index (χ1v) is 9.25. The van der Waals surface area contributed by atoms with E-state index in [-0.39, 0.29) is 22.1 Å². The van der Waals surface area contributed by atoms with Gasteiger partial charge in [0.15, 0.2) is 11.6 Å². The average Bonchev–Trinajstić information content (AvgIpc) is 2.72. The van der Waals surface area contributed by atoms with Crippen LogP contribution in [0.4, 0.5) is 25.0 Å². The summed E-state index contributed by atoms with van der Waals surface area (Å²) in [4.78, 5) is 47.7. The zero-order chi connectivity index (χ0) is 24.0. The lowest BCUT2D eigenvalue weighted by Gasteiger charge is -2.15. The summed E-state index contributed by atoms with van der Waals surface area (Å²) >= 11 is 5.73. The third kappa shape index (κ3) is 6.14. The molecule has 0 spiro atoms. The van der Waals surface area contributed by atoms with Crippen molar-refractivity contribution in [3.63, 3.8) is 0 Å². The highest BCUT2D eigenvalue weighted by Crippen LogP contribution is 2.31. The van der Waals surface area contributed by atoms with Gasteiger partial charge in [0.2, 0.25) is 5.91 Å². The highest BCUT2D eigenvalue weighted by molar-refractivity contribution is 6.34. The van der Waals surface area contributed by atoms with Crippen LogP contribution in [0.3, 0.4) is 0 Å². The number of hydrogen-bond acceptors (Lipinski definition) is 6. The van der Waals surface area contributed by atoms with E-state index in [1.807, 2.05) is 5.32 Å². The van der Waals surface area contributed by atoms with Crippen molar-refractivity contribution in [3.05, 3.63) is 52.0 Å². The largest absolute Gasteiger partial charge is 0.495 e. The minimum Gasteiger partial charge on any atom is -0.495 e. The molecular weight excluding hydrogens is 452 g/mol. The molecule has 0 saturated carbocycles. The number of rotatable bonds is 6. The van der Waals surface area contributed by atoms with Gasteiger partial charge in [-0.3, -0.25) is 19.7 Å². The molecule has 2 aromatic rings. The number of methoxy groups -OCH3 is 2. The van der Waals surface area contributed by atoms with E-state index in [2.05, 4.69) is 15.4 Å².